The second kappa shape index (κ2) is 5.99. The molecule has 5 heteroatoms. The van der Waals surface area contributed by atoms with Crippen molar-refractivity contribution in [1.82, 2.24) is 14.6 Å². The van der Waals surface area contributed by atoms with Crippen LogP contribution < -0.4 is 0 Å². The minimum absolute atomic E-state index is 0.140. The van der Waals surface area contributed by atoms with Gasteiger partial charge in [-0.25, -0.2) is 0 Å². The van der Waals surface area contributed by atoms with E-state index in [1.807, 2.05) is 42.4 Å². The van der Waals surface area contributed by atoms with E-state index in [0.29, 0.717) is 0 Å². The van der Waals surface area contributed by atoms with Crippen LogP contribution in [-0.2, 0) is 0 Å². The summed E-state index contributed by atoms with van der Waals surface area (Å²) in [5, 5.41) is 4.07. The van der Waals surface area contributed by atoms with E-state index in [-0.39, 0.29) is 5.91 Å². The van der Waals surface area contributed by atoms with Crippen molar-refractivity contribution in [2.24, 2.45) is 0 Å². The van der Waals surface area contributed by atoms with Gasteiger partial charge in [0, 0.05) is 30.5 Å². The zero-order valence-electron chi connectivity index (χ0n) is 13.6. The third-order valence-electron chi connectivity index (χ3n) is 4.40. The van der Waals surface area contributed by atoms with Gasteiger partial charge in [0.1, 0.15) is 5.76 Å². The summed E-state index contributed by atoms with van der Waals surface area (Å²) >= 11 is 0. The highest BCUT2D eigenvalue weighted by molar-refractivity contribution is 5.96. The molecule has 5 nitrogen and oxygen atoms in total. The van der Waals surface area contributed by atoms with Crippen molar-refractivity contribution in [3.05, 3.63) is 34.8 Å². The van der Waals surface area contributed by atoms with Crippen LogP contribution in [0.5, 0.6) is 0 Å². The van der Waals surface area contributed by atoms with Crippen LogP contribution in [0.3, 0.4) is 0 Å². The number of likely N-dealkylation sites (tertiary alicyclic amines) is 1. The molecule has 118 valence electrons. The van der Waals surface area contributed by atoms with Gasteiger partial charge in [-0.2, -0.15) is 0 Å². The summed E-state index contributed by atoms with van der Waals surface area (Å²) in [7, 11) is 0. The van der Waals surface area contributed by atoms with Crippen LogP contribution in [0, 0.1) is 20.8 Å². The number of carbonyl (C=O) groups excluding carboxylic acids is 1. The molecule has 2 aromatic rings. The molecule has 1 saturated heterocycles. The Morgan fingerprint density at radius 2 is 1.77 bits per heavy atom. The van der Waals surface area contributed by atoms with Crippen molar-refractivity contribution in [3.63, 3.8) is 0 Å². The average Bonchev–Trinajstić information content (AvgIpc) is 2.90. The molecule has 0 radical (unpaired) electrons. The second-order valence-corrected chi connectivity index (χ2v) is 6.12. The van der Waals surface area contributed by atoms with Crippen molar-refractivity contribution in [2.75, 3.05) is 13.1 Å². The molecule has 0 N–H and O–H groups in total. The summed E-state index contributed by atoms with van der Waals surface area (Å²) < 4.78 is 7.15. The van der Waals surface area contributed by atoms with E-state index in [2.05, 4.69) is 5.16 Å². The molecule has 1 amide bonds. The molecule has 0 atom stereocenters. The summed E-state index contributed by atoms with van der Waals surface area (Å²) in [6.07, 6.45) is 4.65. The predicted molar refractivity (Wildman–Crippen MR) is 84.4 cm³/mol. The van der Waals surface area contributed by atoms with Gasteiger partial charge < -0.3 is 9.42 Å². The van der Waals surface area contributed by atoms with Gasteiger partial charge in [0.2, 0.25) is 0 Å². The third-order valence-corrected chi connectivity index (χ3v) is 4.40. The maximum absolute atomic E-state index is 12.8. The van der Waals surface area contributed by atoms with Gasteiger partial charge in [0.05, 0.1) is 5.56 Å². The molecule has 1 aliphatic heterocycles. The Labute approximate surface area is 130 Å². The lowest BCUT2D eigenvalue weighted by atomic mass is 10.2. The highest BCUT2D eigenvalue weighted by Crippen LogP contribution is 2.23. The van der Waals surface area contributed by atoms with Gasteiger partial charge in [0.25, 0.3) is 5.91 Å². The molecule has 0 aliphatic carbocycles. The number of carbonyl (C=O) groups is 1. The highest BCUT2D eigenvalue weighted by Gasteiger charge is 2.23. The molecule has 22 heavy (non-hydrogen) atoms. The normalized spacial score (nSPS) is 15.9. The minimum Gasteiger partial charge on any atom is -0.360 e. The Balaban J connectivity index is 1.93. The quantitative estimate of drug-likeness (QED) is 0.854. The fourth-order valence-electron chi connectivity index (χ4n) is 3.23. The summed E-state index contributed by atoms with van der Waals surface area (Å²) in [5.41, 5.74) is 2.71. The summed E-state index contributed by atoms with van der Waals surface area (Å²) in [4.78, 5) is 14.8. The summed E-state index contributed by atoms with van der Waals surface area (Å²) in [5.74, 6) is 1.65. The molecular formula is C17H23N3O2. The Hall–Kier alpha value is -2.04. The van der Waals surface area contributed by atoms with E-state index in [0.717, 1.165) is 54.5 Å². The van der Waals surface area contributed by atoms with Crippen LogP contribution >= 0.6 is 0 Å². The van der Waals surface area contributed by atoms with E-state index >= 15 is 0 Å². The molecule has 3 heterocycles. The first kappa shape index (κ1) is 14.9. The van der Waals surface area contributed by atoms with Gasteiger partial charge in [-0.1, -0.05) is 18.0 Å². The average molecular weight is 301 g/mol. The van der Waals surface area contributed by atoms with Crippen LogP contribution in [0.2, 0.25) is 0 Å². The van der Waals surface area contributed by atoms with Crippen LogP contribution in [0.15, 0.2) is 16.7 Å². The van der Waals surface area contributed by atoms with Gasteiger partial charge in [-0.15, -0.1) is 0 Å². The number of rotatable bonds is 2. The van der Waals surface area contributed by atoms with Gasteiger partial charge in [-0.3, -0.25) is 9.36 Å². The van der Waals surface area contributed by atoms with Crippen molar-refractivity contribution in [1.29, 1.82) is 0 Å². The van der Waals surface area contributed by atoms with Gasteiger partial charge in [0.15, 0.2) is 5.82 Å². The fraction of sp³-hybridized carbons (Fsp3) is 0.529. The third kappa shape index (κ3) is 2.67. The highest BCUT2D eigenvalue weighted by atomic mass is 16.5. The van der Waals surface area contributed by atoms with Gasteiger partial charge in [-0.05, 0) is 39.7 Å². The molecular weight excluding hydrogens is 278 g/mol. The molecule has 3 rings (SSSR count). The first-order valence-electron chi connectivity index (χ1n) is 8.00. The number of nitrogens with zero attached hydrogens (tertiary/aromatic N) is 3. The number of aryl methyl sites for hydroxylation is 2. The Bertz CT molecular complexity index is 676. The van der Waals surface area contributed by atoms with Gasteiger partial charge >= 0.3 is 0 Å². The predicted octanol–water partition coefficient (Wildman–Crippen LogP) is 3.41. The molecule has 0 unspecified atom stereocenters. The van der Waals surface area contributed by atoms with E-state index in [1.165, 1.54) is 12.8 Å². The Morgan fingerprint density at radius 1 is 1.09 bits per heavy atom. The molecule has 2 aromatic heterocycles. The van der Waals surface area contributed by atoms with Crippen molar-refractivity contribution < 1.29 is 9.32 Å². The van der Waals surface area contributed by atoms with E-state index in [1.54, 1.807) is 0 Å². The minimum atomic E-state index is 0.140. The second-order valence-electron chi connectivity index (χ2n) is 6.12. The number of aromatic nitrogens is 2. The zero-order chi connectivity index (χ0) is 15.7. The van der Waals surface area contributed by atoms with Crippen LogP contribution in [0.1, 0.15) is 53.2 Å². The SMILES string of the molecule is Cc1cc(-n2c(C)cc(C(=O)N3CCCCCC3)c2C)no1. The number of amides is 1. The van der Waals surface area contributed by atoms with E-state index in [9.17, 15) is 4.79 Å². The summed E-state index contributed by atoms with van der Waals surface area (Å²) in [6.45, 7) is 7.57. The molecule has 1 aliphatic rings. The van der Waals surface area contributed by atoms with E-state index in [4.69, 9.17) is 4.52 Å². The monoisotopic (exact) mass is 301 g/mol. The molecule has 1 fully saturated rings. The first-order valence-corrected chi connectivity index (χ1v) is 8.00. The Morgan fingerprint density at radius 3 is 2.36 bits per heavy atom. The topological polar surface area (TPSA) is 51.3 Å². The molecule has 0 aromatic carbocycles. The van der Waals surface area contributed by atoms with Crippen molar-refractivity contribution in [2.45, 2.75) is 46.5 Å². The van der Waals surface area contributed by atoms with Crippen LogP contribution in [0.4, 0.5) is 0 Å². The van der Waals surface area contributed by atoms with Crippen LogP contribution in [0.25, 0.3) is 5.82 Å². The summed E-state index contributed by atoms with van der Waals surface area (Å²) in [6, 6.07) is 3.85. The maximum Gasteiger partial charge on any atom is 0.255 e. The molecule has 0 bridgehead atoms. The van der Waals surface area contributed by atoms with Crippen molar-refractivity contribution >= 4 is 5.91 Å². The largest absolute Gasteiger partial charge is 0.360 e. The van der Waals surface area contributed by atoms with E-state index < -0.39 is 0 Å². The standard InChI is InChI=1S/C17H23N3O2/c1-12-10-15(17(21)19-8-6-4-5-7-9-19)14(3)20(12)16-11-13(2)22-18-16/h10-11H,4-9H2,1-3H3. The fourth-order valence-corrected chi connectivity index (χ4v) is 3.23. The molecule has 0 spiro atoms. The molecule has 0 saturated carbocycles. The lowest BCUT2D eigenvalue weighted by molar-refractivity contribution is 0.0761. The number of hydrogen-bond donors (Lipinski definition) is 0. The Kier molecular flexibility index (Phi) is 4.05. The smallest absolute Gasteiger partial charge is 0.255 e. The maximum atomic E-state index is 12.8. The van der Waals surface area contributed by atoms with Crippen molar-refractivity contribution in [3.8, 4) is 5.82 Å². The lowest BCUT2D eigenvalue weighted by Crippen LogP contribution is -2.32. The number of hydrogen-bond acceptors (Lipinski definition) is 3. The lowest BCUT2D eigenvalue weighted by Gasteiger charge is -2.20. The zero-order valence-corrected chi connectivity index (χ0v) is 13.6. The van der Waals surface area contributed by atoms with Crippen LogP contribution in [-0.4, -0.2) is 33.6 Å². The first-order chi connectivity index (χ1) is 10.6.